The number of nitrogens with zero attached hydrogens (tertiary/aromatic N) is 2. The van der Waals surface area contributed by atoms with Crippen molar-refractivity contribution in [3.05, 3.63) is 53.2 Å². The summed E-state index contributed by atoms with van der Waals surface area (Å²) in [6.45, 7) is 0.454. The van der Waals surface area contributed by atoms with E-state index in [0.717, 1.165) is 24.4 Å². The van der Waals surface area contributed by atoms with Gasteiger partial charge in [0.05, 0.1) is 0 Å². The first-order chi connectivity index (χ1) is 9.34. The lowest BCUT2D eigenvalue weighted by molar-refractivity contribution is 0.612. The van der Waals surface area contributed by atoms with Crippen molar-refractivity contribution in [2.75, 3.05) is 5.32 Å². The highest BCUT2D eigenvalue weighted by atomic mass is 19.1. The van der Waals surface area contributed by atoms with Gasteiger partial charge in [0.2, 0.25) is 0 Å². The molecule has 0 saturated heterocycles. The summed E-state index contributed by atoms with van der Waals surface area (Å²) >= 11 is 0. The highest BCUT2D eigenvalue weighted by Crippen LogP contribution is 2.24. The van der Waals surface area contributed by atoms with Gasteiger partial charge in [0, 0.05) is 23.4 Å². The second-order valence-electron chi connectivity index (χ2n) is 4.80. The van der Waals surface area contributed by atoms with Crippen LogP contribution in [0.1, 0.15) is 29.7 Å². The van der Waals surface area contributed by atoms with Crippen molar-refractivity contribution < 1.29 is 4.39 Å². The molecule has 3 nitrogen and oxygen atoms in total. The van der Waals surface area contributed by atoms with Gasteiger partial charge in [0.15, 0.2) is 0 Å². The topological polar surface area (TPSA) is 37.8 Å². The van der Waals surface area contributed by atoms with Gasteiger partial charge in [-0.05, 0) is 31.7 Å². The Bertz CT molecular complexity index is 583. The summed E-state index contributed by atoms with van der Waals surface area (Å²) in [6.07, 6.45) is 5.99. The second-order valence-corrected chi connectivity index (χ2v) is 4.80. The molecule has 0 unspecified atom stereocenters. The van der Waals surface area contributed by atoms with Gasteiger partial charge in [-0.15, -0.1) is 0 Å². The molecule has 0 aliphatic heterocycles. The van der Waals surface area contributed by atoms with Crippen LogP contribution in [0.2, 0.25) is 0 Å². The number of aromatic nitrogens is 2. The molecular weight excluding hydrogens is 241 g/mol. The molecule has 1 aromatic carbocycles. The van der Waals surface area contributed by atoms with Gasteiger partial charge < -0.3 is 5.32 Å². The van der Waals surface area contributed by atoms with Crippen molar-refractivity contribution in [3.8, 4) is 0 Å². The normalized spacial score (nSPS) is 13.9. The molecule has 0 radical (unpaired) electrons. The first-order valence-electron chi connectivity index (χ1n) is 6.64. The third-order valence-electron chi connectivity index (χ3n) is 3.53. The monoisotopic (exact) mass is 257 g/mol. The number of benzene rings is 1. The maximum absolute atomic E-state index is 13.6. The van der Waals surface area contributed by atoms with Crippen LogP contribution in [0.15, 0.2) is 30.6 Å². The van der Waals surface area contributed by atoms with Crippen LogP contribution in [-0.2, 0) is 19.4 Å². The van der Waals surface area contributed by atoms with Gasteiger partial charge >= 0.3 is 0 Å². The van der Waals surface area contributed by atoms with Crippen molar-refractivity contribution in [1.29, 1.82) is 0 Å². The van der Waals surface area contributed by atoms with Crippen LogP contribution in [0.5, 0.6) is 0 Å². The minimum atomic E-state index is -0.182. The van der Waals surface area contributed by atoms with Gasteiger partial charge in [-0.2, -0.15) is 0 Å². The minimum absolute atomic E-state index is 0.182. The molecule has 0 fully saturated rings. The first kappa shape index (κ1) is 12.1. The van der Waals surface area contributed by atoms with Crippen LogP contribution in [-0.4, -0.2) is 9.97 Å². The Kier molecular flexibility index (Phi) is 3.40. The number of aryl methyl sites for hydroxylation is 1. The summed E-state index contributed by atoms with van der Waals surface area (Å²) in [5.74, 6) is 0.672. The van der Waals surface area contributed by atoms with E-state index in [-0.39, 0.29) is 5.82 Å². The maximum atomic E-state index is 13.6. The molecule has 2 aromatic rings. The lowest BCUT2D eigenvalue weighted by Gasteiger charge is -2.18. The van der Waals surface area contributed by atoms with Crippen molar-refractivity contribution in [2.24, 2.45) is 0 Å². The quantitative estimate of drug-likeness (QED) is 0.918. The lowest BCUT2D eigenvalue weighted by Crippen LogP contribution is -2.12. The van der Waals surface area contributed by atoms with E-state index in [0.29, 0.717) is 12.1 Å². The Labute approximate surface area is 111 Å². The van der Waals surface area contributed by atoms with E-state index in [1.165, 1.54) is 24.5 Å². The Morgan fingerprint density at radius 3 is 2.84 bits per heavy atom. The standard InChI is InChI=1S/C15H16FN3/c16-13-7-3-1-5-11(13)9-17-15-12-6-2-4-8-14(12)18-10-19-15/h1,3,5,7,10H,2,4,6,8-9H2,(H,17,18,19). The fraction of sp³-hybridized carbons (Fsp3) is 0.333. The summed E-state index contributed by atoms with van der Waals surface area (Å²) < 4.78 is 13.6. The van der Waals surface area contributed by atoms with E-state index in [2.05, 4.69) is 15.3 Å². The van der Waals surface area contributed by atoms with Crippen molar-refractivity contribution in [2.45, 2.75) is 32.2 Å². The number of halogens is 1. The molecule has 0 amide bonds. The minimum Gasteiger partial charge on any atom is -0.366 e. The average Bonchev–Trinajstić information content (AvgIpc) is 2.46. The summed E-state index contributed by atoms with van der Waals surface area (Å²) in [7, 11) is 0. The predicted molar refractivity (Wildman–Crippen MR) is 72.4 cm³/mol. The van der Waals surface area contributed by atoms with E-state index in [1.807, 2.05) is 6.07 Å². The van der Waals surface area contributed by atoms with Crippen molar-refractivity contribution in [3.63, 3.8) is 0 Å². The molecule has 3 rings (SSSR count). The predicted octanol–water partition coefficient (Wildman–Crippen LogP) is 3.11. The molecular formula is C15H16FN3. The molecule has 1 aromatic heterocycles. The van der Waals surface area contributed by atoms with Gasteiger partial charge in [-0.3, -0.25) is 0 Å². The number of hydrogen-bond donors (Lipinski definition) is 1. The van der Waals surface area contributed by atoms with Crippen molar-refractivity contribution in [1.82, 2.24) is 9.97 Å². The first-order valence-corrected chi connectivity index (χ1v) is 6.64. The molecule has 1 N–H and O–H groups in total. The molecule has 0 bridgehead atoms. The molecule has 0 atom stereocenters. The number of fused-ring (bicyclic) bond motifs is 1. The van der Waals surface area contributed by atoms with Crippen LogP contribution in [0.3, 0.4) is 0 Å². The highest BCUT2D eigenvalue weighted by molar-refractivity contribution is 5.47. The third kappa shape index (κ3) is 2.57. The van der Waals surface area contributed by atoms with Gasteiger partial charge in [0.25, 0.3) is 0 Å². The molecule has 0 spiro atoms. The smallest absolute Gasteiger partial charge is 0.133 e. The zero-order chi connectivity index (χ0) is 13.1. The van der Waals surface area contributed by atoms with E-state index < -0.39 is 0 Å². The Balaban J connectivity index is 1.79. The molecule has 4 heteroatoms. The van der Waals surface area contributed by atoms with Crippen LogP contribution in [0.4, 0.5) is 10.2 Å². The highest BCUT2D eigenvalue weighted by Gasteiger charge is 2.15. The van der Waals surface area contributed by atoms with Crippen LogP contribution in [0, 0.1) is 5.82 Å². The third-order valence-corrected chi connectivity index (χ3v) is 3.53. The van der Waals surface area contributed by atoms with Gasteiger partial charge in [-0.25, -0.2) is 14.4 Å². The summed E-state index contributed by atoms with van der Waals surface area (Å²) in [6, 6.07) is 6.81. The van der Waals surface area contributed by atoms with Crippen LogP contribution in [0.25, 0.3) is 0 Å². The van der Waals surface area contributed by atoms with E-state index >= 15 is 0 Å². The Hall–Kier alpha value is -1.97. The molecule has 1 aliphatic rings. The largest absolute Gasteiger partial charge is 0.366 e. The fourth-order valence-corrected chi connectivity index (χ4v) is 2.49. The zero-order valence-corrected chi connectivity index (χ0v) is 10.7. The molecule has 1 aliphatic carbocycles. The second kappa shape index (κ2) is 5.34. The van der Waals surface area contributed by atoms with E-state index in [4.69, 9.17) is 0 Å². The summed E-state index contributed by atoms with van der Waals surface area (Å²) in [5.41, 5.74) is 2.99. The van der Waals surface area contributed by atoms with Gasteiger partial charge in [0.1, 0.15) is 18.0 Å². The number of hydrogen-bond acceptors (Lipinski definition) is 3. The number of rotatable bonds is 3. The van der Waals surface area contributed by atoms with E-state index in [1.54, 1.807) is 18.5 Å². The van der Waals surface area contributed by atoms with Gasteiger partial charge in [-0.1, -0.05) is 18.2 Å². The molecule has 0 saturated carbocycles. The number of nitrogens with one attached hydrogen (secondary N) is 1. The fourth-order valence-electron chi connectivity index (χ4n) is 2.49. The van der Waals surface area contributed by atoms with Crippen LogP contribution >= 0.6 is 0 Å². The molecule has 19 heavy (non-hydrogen) atoms. The number of anilines is 1. The zero-order valence-electron chi connectivity index (χ0n) is 10.7. The lowest BCUT2D eigenvalue weighted by atomic mass is 9.96. The van der Waals surface area contributed by atoms with Crippen LogP contribution < -0.4 is 5.32 Å². The summed E-state index contributed by atoms with van der Waals surface area (Å²) in [5, 5.41) is 3.24. The molecule has 98 valence electrons. The Morgan fingerprint density at radius 2 is 1.95 bits per heavy atom. The van der Waals surface area contributed by atoms with Crippen molar-refractivity contribution >= 4 is 5.82 Å². The Morgan fingerprint density at radius 1 is 1.11 bits per heavy atom. The average molecular weight is 257 g/mol. The molecule has 1 heterocycles. The SMILES string of the molecule is Fc1ccccc1CNc1ncnc2c1CCCC2. The summed E-state index contributed by atoms with van der Waals surface area (Å²) in [4.78, 5) is 8.62. The maximum Gasteiger partial charge on any atom is 0.133 e. The van der Waals surface area contributed by atoms with E-state index in [9.17, 15) is 4.39 Å².